The number of hydrogen-bond donors (Lipinski definition) is 4. The van der Waals surface area contributed by atoms with Crippen LogP contribution in [0.25, 0.3) is 11.0 Å². The number of para-hydroxylation sites is 1. The monoisotopic (exact) mass is 380 g/mol. The van der Waals surface area contributed by atoms with E-state index in [9.17, 15) is 19.6 Å². The van der Waals surface area contributed by atoms with Crippen molar-refractivity contribution in [2.75, 3.05) is 5.32 Å². The van der Waals surface area contributed by atoms with Gasteiger partial charge in [0.15, 0.2) is 0 Å². The van der Waals surface area contributed by atoms with Crippen LogP contribution in [0.15, 0.2) is 59.2 Å². The zero-order chi connectivity index (χ0) is 20.1. The van der Waals surface area contributed by atoms with Crippen LogP contribution in [0, 0.1) is 0 Å². The van der Waals surface area contributed by atoms with E-state index in [4.69, 9.17) is 4.42 Å². The molecule has 2 amide bonds. The first-order chi connectivity index (χ1) is 13.4. The van der Waals surface area contributed by atoms with Crippen molar-refractivity contribution in [1.29, 1.82) is 0 Å². The van der Waals surface area contributed by atoms with Crippen LogP contribution in [0.5, 0.6) is 0 Å². The maximum Gasteiger partial charge on any atom is 0.475 e. The molecule has 1 unspecified atom stereocenters. The third-order valence-corrected chi connectivity index (χ3v) is 4.32. The van der Waals surface area contributed by atoms with Crippen molar-refractivity contribution < 1.29 is 24.1 Å². The van der Waals surface area contributed by atoms with Crippen molar-refractivity contribution in [3.63, 3.8) is 0 Å². The summed E-state index contributed by atoms with van der Waals surface area (Å²) in [7, 11) is -1.72. The van der Waals surface area contributed by atoms with Gasteiger partial charge in [0.25, 0.3) is 0 Å². The topological polar surface area (TPSA) is 112 Å². The number of nitrogens with one attached hydrogen (secondary N) is 2. The molecule has 8 heteroatoms. The number of carbonyl (C=O) groups excluding carboxylic acids is 2. The molecule has 0 aliphatic heterocycles. The molecule has 2 aromatic carbocycles. The van der Waals surface area contributed by atoms with Crippen molar-refractivity contribution in [2.45, 2.75) is 25.7 Å². The van der Waals surface area contributed by atoms with Gasteiger partial charge in [-0.2, -0.15) is 0 Å². The number of furan rings is 1. The van der Waals surface area contributed by atoms with Gasteiger partial charge in [-0.1, -0.05) is 30.3 Å². The van der Waals surface area contributed by atoms with Crippen LogP contribution in [-0.2, 0) is 22.4 Å². The average molecular weight is 380 g/mol. The Morgan fingerprint density at radius 2 is 1.93 bits per heavy atom. The number of rotatable bonds is 7. The molecule has 3 rings (SSSR count). The molecule has 1 heterocycles. The van der Waals surface area contributed by atoms with Crippen molar-refractivity contribution in [3.05, 3.63) is 65.9 Å². The van der Waals surface area contributed by atoms with Crippen LogP contribution in [0.1, 0.15) is 18.1 Å². The second kappa shape index (κ2) is 8.73. The third kappa shape index (κ3) is 5.00. The van der Waals surface area contributed by atoms with Gasteiger partial charge in [0.1, 0.15) is 5.58 Å². The van der Waals surface area contributed by atoms with Crippen LogP contribution < -0.4 is 10.6 Å². The van der Waals surface area contributed by atoms with Gasteiger partial charge in [-0.15, -0.1) is 0 Å². The first-order valence-corrected chi connectivity index (χ1v) is 8.89. The number of carbonyl (C=O) groups is 2. The highest BCUT2D eigenvalue weighted by molar-refractivity contribution is 6.43. The van der Waals surface area contributed by atoms with Crippen molar-refractivity contribution in [3.8, 4) is 0 Å². The van der Waals surface area contributed by atoms with Gasteiger partial charge in [-0.05, 0) is 35.7 Å². The van der Waals surface area contributed by atoms with E-state index in [-0.39, 0.29) is 24.7 Å². The molecular formula is C20H21BN2O5. The molecule has 0 aliphatic carbocycles. The molecule has 1 atom stereocenters. The Balaban J connectivity index is 1.67. The maximum absolute atomic E-state index is 12.4. The van der Waals surface area contributed by atoms with Crippen LogP contribution in [0.3, 0.4) is 0 Å². The van der Waals surface area contributed by atoms with Crippen molar-refractivity contribution >= 4 is 35.6 Å². The fourth-order valence-corrected chi connectivity index (χ4v) is 3.06. The standard InChI is InChI=1S/C20H21BN2O5/c1-13(24)22-16-6-4-5-14(9-16)10-20(25)23-19(21(26)27)11-15-12-28-18-8-3-2-7-17(15)18/h2-9,12,19,26-27H,10-11H2,1H3,(H,22,24)(H,23,25). The van der Waals surface area contributed by atoms with E-state index in [1.165, 1.54) is 6.92 Å². The minimum Gasteiger partial charge on any atom is -0.464 e. The van der Waals surface area contributed by atoms with Gasteiger partial charge < -0.3 is 25.1 Å². The highest BCUT2D eigenvalue weighted by atomic mass is 16.4. The summed E-state index contributed by atoms with van der Waals surface area (Å²) in [6.45, 7) is 1.41. The predicted molar refractivity (Wildman–Crippen MR) is 106 cm³/mol. The number of amides is 2. The molecule has 7 nitrogen and oxygen atoms in total. The van der Waals surface area contributed by atoms with Crippen molar-refractivity contribution in [1.82, 2.24) is 5.32 Å². The SMILES string of the molecule is CC(=O)Nc1cccc(CC(=O)NC(Cc2coc3ccccc23)B(O)O)c1. The minimum absolute atomic E-state index is 0.0444. The van der Waals surface area contributed by atoms with Gasteiger partial charge in [-0.3, -0.25) is 9.59 Å². The fraction of sp³-hybridized carbons (Fsp3) is 0.200. The Morgan fingerprint density at radius 1 is 1.14 bits per heavy atom. The van der Waals surface area contributed by atoms with Crippen LogP contribution in [0.4, 0.5) is 5.69 Å². The Kier molecular flexibility index (Phi) is 6.13. The molecule has 0 spiro atoms. The number of fused-ring (bicyclic) bond motifs is 1. The molecule has 0 saturated carbocycles. The Morgan fingerprint density at radius 3 is 2.68 bits per heavy atom. The Bertz CT molecular complexity index is 985. The summed E-state index contributed by atoms with van der Waals surface area (Å²) in [5.41, 5.74) is 2.77. The number of hydrogen-bond acceptors (Lipinski definition) is 5. The molecule has 144 valence electrons. The predicted octanol–water partition coefficient (Wildman–Crippen LogP) is 1.67. The minimum atomic E-state index is -1.72. The second-order valence-corrected chi connectivity index (χ2v) is 6.61. The van der Waals surface area contributed by atoms with Gasteiger partial charge in [0.2, 0.25) is 11.8 Å². The summed E-state index contributed by atoms with van der Waals surface area (Å²) < 4.78 is 5.46. The highest BCUT2D eigenvalue weighted by Gasteiger charge is 2.27. The number of benzene rings is 2. The Labute approximate surface area is 162 Å². The summed E-state index contributed by atoms with van der Waals surface area (Å²) >= 11 is 0. The van der Waals surface area contributed by atoms with Gasteiger partial charge in [-0.25, -0.2) is 0 Å². The summed E-state index contributed by atoms with van der Waals surface area (Å²) in [5.74, 6) is -1.43. The lowest BCUT2D eigenvalue weighted by atomic mass is 9.75. The fourth-order valence-electron chi connectivity index (χ4n) is 3.06. The van der Waals surface area contributed by atoms with E-state index in [1.807, 2.05) is 24.3 Å². The molecule has 28 heavy (non-hydrogen) atoms. The largest absolute Gasteiger partial charge is 0.475 e. The molecule has 0 fully saturated rings. The summed E-state index contributed by atoms with van der Waals surface area (Å²) in [5, 5.41) is 25.6. The van der Waals surface area contributed by atoms with Crippen LogP contribution in [-0.4, -0.2) is 34.9 Å². The normalized spacial score (nSPS) is 11.8. The zero-order valence-corrected chi connectivity index (χ0v) is 15.4. The lowest BCUT2D eigenvalue weighted by molar-refractivity contribution is -0.120. The third-order valence-electron chi connectivity index (χ3n) is 4.32. The lowest BCUT2D eigenvalue weighted by Gasteiger charge is -2.17. The van der Waals surface area contributed by atoms with E-state index in [2.05, 4.69) is 10.6 Å². The van der Waals surface area contributed by atoms with Gasteiger partial charge in [0.05, 0.1) is 18.6 Å². The summed E-state index contributed by atoms with van der Waals surface area (Å²) in [4.78, 5) is 23.6. The van der Waals surface area contributed by atoms with E-state index in [0.717, 1.165) is 10.9 Å². The molecule has 0 saturated heterocycles. The Hall–Kier alpha value is -3.10. The molecule has 3 aromatic rings. The van der Waals surface area contributed by atoms with E-state index in [1.54, 1.807) is 30.5 Å². The average Bonchev–Trinajstić information content (AvgIpc) is 3.04. The maximum atomic E-state index is 12.4. The smallest absolute Gasteiger partial charge is 0.464 e. The van der Waals surface area contributed by atoms with E-state index < -0.39 is 13.1 Å². The first kappa shape index (κ1) is 19.7. The molecule has 0 bridgehead atoms. The van der Waals surface area contributed by atoms with Gasteiger partial charge in [0, 0.05) is 18.0 Å². The second-order valence-electron chi connectivity index (χ2n) is 6.61. The summed E-state index contributed by atoms with van der Waals surface area (Å²) in [6.07, 6.45) is 1.82. The lowest BCUT2D eigenvalue weighted by Crippen LogP contribution is -2.48. The molecule has 4 N–H and O–H groups in total. The number of anilines is 1. The molecule has 1 aromatic heterocycles. The molecule has 0 aliphatic rings. The van der Waals surface area contributed by atoms with Crippen molar-refractivity contribution in [2.24, 2.45) is 0 Å². The van der Waals surface area contributed by atoms with Crippen LogP contribution in [0.2, 0.25) is 0 Å². The molecule has 0 radical (unpaired) electrons. The van der Waals surface area contributed by atoms with Gasteiger partial charge >= 0.3 is 7.12 Å². The zero-order valence-electron chi connectivity index (χ0n) is 15.4. The quantitative estimate of drug-likeness (QED) is 0.466. The van der Waals surface area contributed by atoms with E-state index >= 15 is 0 Å². The van der Waals surface area contributed by atoms with E-state index in [0.29, 0.717) is 16.8 Å². The highest BCUT2D eigenvalue weighted by Crippen LogP contribution is 2.22. The van der Waals surface area contributed by atoms with Crippen LogP contribution >= 0.6 is 0 Å². The molecular weight excluding hydrogens is 359 g/mol. The summed E-state index contributed by atoms with van der Waals surface area (Å²) in [6, 6.07) is 14.4. The first-order valence-electron chi connectivity index (χ1n) is 8.89.